The van der Waals surface area contributed by atoms with Crippen molar-refractivity contribution in [3.63, 3.8) is 0 Å². The number of methoxy groups -OCH3 is 1. The first-order valence-electron chi connectivity index (χ1n) is 11.6. The third-order valence-electron chi connectivity index (χ3n) is 6.60. The fraction of sp³-hybridized carbons (Fsp3) is 0.296. The average molecular weight is 475 g/mol. The number of aryl methyl sites for hydroxylation is 1. The van der Waals surface area contributed by atoms with Crippen molar-refractivity contribution in [2.24, 2.45) is 5.73 Å². The molecule has 0 aromatic heterocycles. The van der Waals surface area contributed by atoms with E-state index in [0.717, 1.165) is 27.6 Å². The molecule has 1 aliphatic heterocycles. The van der Waals surface area contributed by atoms with Gasteiger partial charge in [0.25, 0.3) is 0 Å². The molecule has 3 amide bonds. The number of ether oxygens (including phenoxy) is 1. The number of nitrogens with two attached hydrogens (primary N) is 1. The SMILES string of the molecule is CN[C@@H](C)C(=O)NC1CCc2ccccc2N(Cc2c(OC)ccc3cc(C(N)=O)ccc23)C1=O. The largest absolute Gasteiger partial charge is 0.496 e. The molecular weight excluding hydrogens is 444 g/mol. The number of hydrogen-bond acceptors (Lipinski definition) is 5. The summed E-state index contributed by atoms with van der Waals surface area (Å²) >= 11 is 0. The van der Waals surface area contributed by atoms with Crippen LogP contribution in [0.4, 0.5) is 5.69 Å². The molecule has 0 fully saturated rings. The standard InChI is InChI=1S/C27H30N4O4/c1-16(29-2)26(33)30-22-12-9-17-6-4-5-7-23(17)31(27(22)34)15-21-20-11-8-19(25(28)32)14-18(20)10-13-24(21)35-3/h4-8,10-11,13-14,16,22,29H,9,12,15H2,1-3H3,(H2,28,32)(H,30,33)/t16-,22?/m0/s1. The zero-order valence-electron chi connectivity index (χ0n) is 20.1. The summed E-state index contributed by atoms with van der Waals surface area (Å²) < 4.78 is 5.66. The van der Waals surface area contributed by atoms with Gasteiger partial charge in [0.1, 0.15) is 11.8 Å². The highest BCUT2D eigenvalue weighted by molar-refractivity contribution is 6.02. The number of hydrogen-bond donors (Lipinski definition) is 3. The van der Waals surface area contributed by atoms with E-state index in [2.05, 4.69) is 10.6 Å². The van der Waals surface area contributed by atoms with Crippen LogP contribution >= 0.6 is 0 Å². The zero-order chi connectivity index (χ0) is 25.1. The van der Waals surface area contributed by atoms with Gasteiger partial charge in [-0.1, -0.05) is 30.3 Å². The lowest BCUT2D eigenvalue weighted by molar-refractivity contribution is -0.128. The van der Waals surface area contributed by atoms with E-state index < -0.39 is 18.0 Å². The van der Waals surface area contributed by atoms with Gasteiger partial charge in [-0.2, -0.15) is 0 Å². The van der Waals surface area contributed by atoms with Gasteiger partial charge in [0.05, 0.1) is 19.7 Å². The molecule has 0 aliphatic carbocycles. The molecule has 0 spiro atoms. The van der Waals surface area contributed by atoms with Crippen molar-refractivity contribution >= 4 is 34.2 Å². The lowest BCUT2D eigenvalue weighted by Gasteiger charge is -2.28. The molecule has 1 heterocycles. The van der Waals surface area contributed by atoms with Gasteiger partial charge in [-0.3, -0.25) is 14.4 Å². The predicted molar refractivity (Wildman–Crippen MR) is 135 cm³/mol. The summed E-state index contributed by atoms with van der Waals surface area (Å²) in [6, 6.07) is 15.6. The lowest BCUT2D eigenvalue weighted by Crippen LogP contribution is -2.52. The molecule has 3 aromatic carbocycles. The van der Waals surface area contributed by atoms with Crippen molar-refractivity contribution in [2.75, 3.05) is 19.1 Å². The van der Waals surface area contributed by atoms with E-state index in [-0.39, 0.29) is 18.4 Å². The molecule has 8 nitrogen and oxygen atoms in total. The highest BCUT2D eigenvalue weighted by Crippen LogP contribution is 2.34. The zero-order valence-corrected chi connectivity index (χ0v) is 20.1. The average Bonchev–Trinajstić information content (AvgIpc) is 3.00. The van der Waals surface area contributed by atoms with Gasteiger partial charge in [-0.25, -0.2) is 0 Å². The van der Waals surface area contributed by atoms with Gasteiger partial charge in [0.15, 0.2) is 0 Å². The smallest absolute Gasteiger partial charge is 0.249 e. The Morgan fingerprint density at radius 2 is 1.94 bits per heavy atom. The molecule has 3 aromatic rings. The molecule has 35 heavy (non-hydrogen) atoms. The Morgan fingerprint density at radius 1 is 1.17 bits per heavy atom. The van der Waals surface area contributed by atoms with Crippen molar-refractivity contribution < 1.29 is 19.1 Å². The topological polar surface area (TPSA) is 114 Å². The van der Waals surface area contributed by atoms with Gasteiger partial charge in [0.2, 0.25) is 17.7 Å². The molecule has 4 rings (SSSR count). The molecule has 2 atom stereocenters. The molecule has 0 saturated heterocycles. The van der Waals surface area contributed by atoms with E-state index in [1.807, 2.05) is 42.5 Å². The van der Waals surface area contributed by atoms with Crippen LogP contribution < -0.4 is 26.0 Å². The molecule has 0 saturated carbocycles. The molecule has 1 aliphatic rings. The van der Waals surface area contributed by atoms with Crippen LogP contribution in [0.2, 0.25) is 0 Å². The number of nitrogens with zero attached hydrogens (tertiary/aromatic N) is 1. The number of rotatable bonds is 7. The maximum absolute atomic E-state index is 13.8. The Labute approximate surface area is 204 Å². The van der Waals surface area contributed by atoms with E-state index in [0.29, 0.717) is 24.2 Å². The van der Waals surface area contributed by atoms with Crippen molar-refractivity contribution in [3.8, 4) is 5.75 Å². The summed E-state index contributed by atoms with van der Waals surface area (Å²) in [5.74, 6) is -0.281. The number of likely N-dealkylation sites (N-methyl/N-ethyl adjacent to an activating group) is 1. The summed E-state index contributed by atoms with van der Waals surface area (Å²) in [5.41, 5.74) is 8.53. The monoisotopic (exact) mass is 474 g/mol. The first kappa shape index (κ1) is 24.2. The summed E-state index contributed by atoms with van der Waals surface area (Å²) in [5, 5.41) is 7.51. The highest BCUT2D eigenvalue weighted by atomic mass is 16.5. The second kappa shape index (κ2) is 10.1. The number of para-hydroxylation sites is 1. The predicted octanol–water partition coefficient (Wildman–Crippen LogP) is 2.52. The molecule has 0 bridgehead atoms. The van der Waals surface area contributed by atoms with Gasteiger partial charge in [-0.15, -0.1) is 0 Å². The lowest BCUT2D eigenvalue weighted by atomic mass is 10.00. The maximum Gasteiger partial charge on any atom is 0.249 e. The number of carbonyl (C=O) groups excluding carboxylic acids is 3. The number of fused-ring (bicyclic) bond motifs is 2. The van der Waals surface area contributed by atoms with E-state index in [1.54, 1.807) is 38.1 Å². The third-order valence-corrected chi connectivity index (χ3v) is 6.60. The Hall–Kier alpha value is -3.91. The highest BCUT2D eigenvalue weighted by Gasteiger charge is 2.33. The van der Waals surface area contributed by atoms with Gasteiger partial charge < -0.3 is 26.0 Å². The summed E-state index contributed by atoms with van der Waals surface area (Å²) in [7, 11) is 3.29. The van der Waals surface area contributed by atoms with Crippen LogP contribution in [0.3, 0.4) is 0 Å². The Bertz CT molecular complexity index is 1290. The van der Waals surface area contributed by atoms with Crippen LogP contribution in [-0.4, -0.2) is 44.0 Å². The Kier molecular flexibility index (Phi) is 7.02. The second-order valence-electron chi connectivity index (χ2n) is 8.71. The second-order valence-corrected chi connectivity index (χ2v) is 8.71. The van der Waals surface area contributed by atoms with Crippen LogP contribution in [0, 0.1) is 0 Å². The Morgan fingerprint density at radius 3 is 2.66 bits per heavy atom. The minimum atomic E-state index is -0.659. The first-order chi connectivity index (χ1) is 16.8. The summed E-state index contributed by atoms with van der Waals surface area (Å²) in [6.45, 7) is 1.99. The number of nitrogens with one attached hydrogen (secondary N) is 2. The van der Waals surface area contributed by atoms with E-state index in [9.17, 15) is 14.4 Å². The molecule has 0 radical (unpaired) electrons. The van der Waals surface area contributed by atoms with Crippen LogP contribution in [0.15, 0.2) is 54.6 Å². The van der Waals surface area contributed by atoms with Crippen LogP contribution in [0.25, 0.3) is 10.8 Å². The number of benzene rings is 3. The van der Waals surface area contributed by atoms with Gasteiger partial charge >= 0.3 is 0 Å². The Balaban J connectivity index is 1.78. The molecular formula is C27H30N4O4. The van der Waals surface area contributed by atoms with Crippen molar-refractivity contribution in [3.05, 3.63) is 71.3 Å². The molecule has 1 unspecified atom stereocenters. The van der Waals surface area contributed by atoms with Crippen molar-refractivity contribution in [1.82, 2.24) is 10.6 Å². The third kappa shape index (κ3) is 4.83. The number of carbonyl (C=O) groups is 3. The minimum Gasteiger partial charge on any atom is -0.496 e. The first-order valence-corrected chi connectivity index (χ1v) is 11.6. The summed E-state index contributed by atoms with van der Waals surface area (Å²) in [6.07, 6.45) is 1.16. The number of anilines is 1. The van der Waals surface area contributed by atoms with Crippen LogP contribution in [0.5, 0.6) is 5.75 Å². The molecule has 4 N–H and O–H groups in total. The van der Waals surface area contributed by atoms with E-state index in [1.165, 1.54) is 0 Å². The van der Waals surface area contributed by atoms with Crippen molar-refractivity contribution in [1.29, 1.82) is 0 Å². The number of amides is 3. The summed E-state index contributed by atoms with van der Waals surface area (Å²) in [4.78, 5) is 39.8. The number of primary amides is 1. The fourth-order valence-corrected chi connectivity index (χ4v) is 4.48. The van der Waals surface area contributed by atoms with Gasteiger partial charge in [0, 0.05) is 16.8 Å². The van der Waals surface area contributed by atoms with Crippen molar-refractivity contribution in [2.45, 2.75) is 38.4 Å². The van der Waals surface area contributed by atoms with Crippen LogP contribution in [0.1, 0.15) is 34.8 Å². The van der Waals surface area contributed by atoms with E-state index in [4.69, 9.17) is 10.5 Å². The quantitative estimate of drug-likeness (QED) is 0.487. The van der Waals surface area contributed by atoms with Crippen LogP contribution in [-0.2, 0) is 22.6 Å². The molecule has 8 heteroatoms. The normalized spacial score (nSPS) is 16.4. The molecule has 182 valence electrons. The van der Waals surface area contributed by atoms with Gasteiger partial charge in [-0.05, 0) is 67.4 Å². The van der Waals surface area contributed by atoms with E-state index >= 15 is 0 Å². The minimum absolute atomic E-state index is 0.181. The fourth-order valence-electron chi connectivity index (χ4n) is 4.48. The maximum atomic E-state index is 13.8.